The lowest BCUT2D eigenvalue weighted by Crippen LogP contribution is -2.33. The second-order valence-electron chi connectivity index (χ2n) is 6.71. The van der Waals surface area contributed by atoms with Crippen molar-refractivity contribution < 1.29 is 9.53 Å². The molecular formula is C21H19N3O2. The largest absolute Gasteiger partial charge is 0.447 e. The van der Waals surface area contributed by atoms with Crippen LogP contribution >= 0.6 is 0 Å². The normalized spacial score (nSPS) is 16.7. The van der Waals surface area contributed by atoms with Gasteiger partial charge in [-0.2, -0.15) is 0 Å². The summed E-state index contributed by atoms with van der Waals surface area (Å²) in [6.45, 7) is 2.79. The number of hydrogen-bond donors (Lipinski definition) is 0. The van der Waals surface area contributed by atoms with Crippen LogP contribution in [0.1, 0.15) is 11.1 Å². The SMILES string of the molecule is O=C1OCCN1c1cccc2c1CCN(c1ccc3ccccc3n1)C2. The van der Waals surface area contributed by atoms with Gasteiger partial charge in [-0.25, -0.2) is 9.78 Å². The summed E-state index contributed by atoms with van der Waals surface area (Å²) < 4.78 is 5.11. The Morgan fingerprint density at radius 2 is 1.88 bits per heavy atom. The van der Waals surface area contributed by atoms with Crippen molar-refractivity contribution in [2.75, 3.05) is 29.5 Å². The van der Waals surface area contributed by atoms with Crippen molar-refractivity contribution in [2.24, 2.45) is 0 Å². The Morgan fingerprint density at radius 3 is 2.77 bits per heavy atom. The van der Waals surface area contributed by atoms with E-state index >= 15 is 0 Å². The number of pyridine rings is 1. The molecule has 0 spiro atoms. The number of anilines is 2. The second-order valence-corrected chi connectivity index (χ2v) is 6.71. The summed E-state index contributed by atoms with van der Waals surface area (Å²) in [5, 5.41) is 1.16. The van der Waals surface area contributed by atoms with Crippen LogP contribution in [0.15, 0.2) is 54.6 Å². The first kappa shape index (κ1) is 15.2. The summed E-state index contributed by atoms with van der Waals surface area (Å²) >= 11 is 0. The molecule has 5 rings (SSSR count). The van der Waals surface area contributed by atoms with Crippen molar-refractivity contribution >= 4 is 28.5 Å². The highest BCUT2D eigenvalue weighted by Crippen LogP contribution is 2.32. The Hall–Kier alpha value is -3.08. The van der Waals surface area contributed by atoms with Crippen LogP contribution < -0.4 is 9.80 Å². The van der Waals surface area contributed by atoms with Gasteiger partial charge in [0, 0.05) is 18.5 Å². The van der Waals surface area contributed by atoms with Gasteiger partial charge in [-0.3, -0.25) is 4.90 Å². The molecule has 3 heterocycles. The van der Waals surface area contributed by atoms with Gasteiger partial charge >= 0.3 is 6.09 Å². The maximum Gasteiger partial charge on any atom is 0.414 e. The van der Waals surface area contributed by atoms with Crippen molar-refractivity contribution in [3.05, 3.63) is 65.7 Å². The lowest BCUT2D eigenvalue weighted by Gasteiger charge is -2.32. The van der Waals surface area contributed by atoms with Crippen LogP contribution in [0, 0.1) is 0 Å². The molecule has 1 aromatic heterocycles. The van der Waals surface area contributed by atoms with Crippen LogP contribution in [0.4, 0.5) is 16.3 Å². The summed E-state index contributed by atoms with van der Waals surface area (Å²) in [6.07, 6.45) is 0.654. The number of benzene rings is 2. The molecule has 0 aliphatic carbocycles. The van der Waals surface area contributed by atoms with E-state index in [0.717, 1.165) is 41.9 Å². The van der Waals surface area contributed by atoms with Gasteiger partial charge < -0.3 is 9.64 Å². The summed E-state index contributed by atoms with van der Waals surface area (Å²) in [6, 6.07) is 18.6. The zero-order valence-electron chi connectivity index (χ0n) is 14.4. The molecule has 0 saturated carbocycles. The molecule has 5 nitrogen and oxygen atoms in total. The highest BCUT2D eigenvalue weighted by atomic mass is 16.6. The van der Waals surface area contributed by atoms with Crippen LogP contribution in [0.5, 0.6) is 0 Å². The molecule has 1 amide bonds. The average molecular weight is 345 g/mol. The Labute approximate surface area is 151 Å². The number of fused-ring (bicyclic) bond motifs is 2. The van der Waals surface area contributed by atoms with Crippen molar-refractivity contribution in [3.8, 4) is 0 Å². The van der Waals surface area contributed by atoms with Crippen LogP contribution in [-0.4, -0.2) is 30.8 Å². The quantitative estimate of drug-likeness (QED) is 0.709. The first-order valence-electron chi connectivity index (χ1n) is 8.95. The van der Waals surface area contributed by atoms with Crippen LogP contribution in [0.2, 0.25) is 0 Å². The number of hydrogen-bond acceptors (Lipinski definition) is 4. The van der Waals surface area contributed by atoms with E-state index in [1.165, 1.54) is 11.1 Å². The minimum absolute atomic E-state index is 0.239. The summed E-state index contributed by atoms with van der Waals surface area (Å²) in [5.74, 6) is 1.00. The van der Waals surface area contributed by atoms with E-state index in [1.54, 1.807) is 4.90 Å². The first-order valence-corrected chi connectivity index (χ1v) is 8.95. The number of nitrogens with zero attached hydrogens (tertiary/aromatic N) is 3. The van der Waals surface area contributed by atoms with Gasteiger partial charge in [-0.05, 0) is 41.8 Å². The second kappa shape index (κ2) is 6.02. The van der Waals surface area contributed by atoms with E-state index < -0.39 is 0 Å². The zero-order chi connectivity index (χ0) is 17.5. The molecule has 0 radical (unpaired) electrons. The Morgan fingerprint density at radius 1 is 0.962 bits per heavy atom. The number of carbonyl (C=O) groups excluding carboxylic acids is 1. The average Bonchev–Trinajstić information content (AvgIpc) is 3.12. The minimum Gasteiger partial charge on any atom is -0.447 e. The molecule has 5 heteroatoms. The topological polar surface area (TPSA) is 45.7 Å². The van der Waals surface area contributed by atoms with E-state index in [-0.39, 0.29) is 6.09 Å². The smallest absolute Gasteiger partial charge is 0.414 e. The highest BCUT2D eigenvalue weighted by Gasteiger charge is 2.28. The minimum atomic E-state index is -0.239. The third-order valence-corrected chi connectivity index (χ3v) is 5.20. The standard InChI is InChI=1S/C21H19N3O2/c25-21-24(12-13-26-21)19-7-3-5-16-14-23(11-10-17(16)19)20-9-8-15-4-1-2-6-18(15)22-20/h1-9H,10-14H2. The van der Waals surface area contributed by atoms with Gasteiger partial charge in [0.1, 0.15) is 12.4 Å². The summed E-state index contributed by atoms with van der Waals surface area (Å²) in [5.41, 5.74) is 4.52. The van der Waals surface area contributed by atoms with E-state index in [2.05, 4.69) is 29.2 Å². The van der Waals surface area contributed by atoms with Crippen molar-refractivity contribution in [3.63, 3.8) is 0 Å². The fourth-order valence-corrected chi connectivity index (χ4v) is 3.88. The number of carbonyl (C=O) groups is 1. The number of para-hydroxylation sites is 1. The third-order valence-electron chi connectivity index (χ3n) is 5.20. The monoisotopic (exact) mass is 345 g/mol. The van der Waals surface area contributed by atoms with Crippen LogP contribution in [0.25, 0.3) is 10.9 Å². The van der Waals surface area contributed by atoms with Gasteiger partial charge in [0.15, 0.2) is 0 Å². The van der Waals surface area contributed by atoms with E-state index in [1.807, 2.05) is 30.3 Å². The molecular weight excluding hydrogens is 326 g/mol. The molecule has 130 valence electrons. The summed E-state index contributed by atoms with van der Waals surface area (Å²) in [4.78, 5) is 20.8. The molecule has 3 aromatic rings. The molecule has 2 aromatic carbocycles. The Balaban J connectivity index is 1.47. The van der Waals surface area contributed by atoms with Crippen molar-refractivity contribution in [1.29, 1.82) is 0 Å². The molecule has 0 N–H and O–H groups in total. The first-order chi connectivity index (χ1) is 12.8. The molecule has 1 fully saturated rings. The van der Waals surface area contributed by atoms with E-state index in [9.17, 15) is 4.79 Å². The highest BCUT2D eigenvalue weighted by molar-refractivity contribution is 5.90. The maximum absolute atomic E-state index is 12.0. The van der Waals surface area contributed by atoms with Crippen LogP contribution in [-0.2, 0) is 17.7 Å². The molecule has 1 saturated heterocycles. The van der Waals surface area contributed by atoms with Crippen molar-refractivity contribution in [2.45, 2.75) is 13.0 Å². The number of aromatic nitrogens is 1. The van der Waals surface area contributed by atoms with Gasteiger partial charge in [-0.15, -0.1) is 0 Å². The molecule has 0 atom stereocenters. The number of amides is 1. The fourth-order valence-electron chi connectivity index (χ4n) is 3.88. The number of cyclic esters (lactones) is 1. The Bertz CT molecular complexity index is 1000. The molecule has 26 heavy (non-hydrogen) atoms. The molecule has 2 aliphatic rings. The van der Waals surface area contributed by atoms with E-state index in [4.69, 9.17) is 9.72 Å². The Kier molecular flexibility index (Phi) is 3.52. The lowest BCUT2D eigenvalue weighted by atomic mass is 9.97. The maximum atomic E-state index is 12.0. The third kappa shape index (κ3) is 2.47. The summed E-state index contributed by atoms with van der Waals surface area (Å²) in [7, 11) is 0. The van der Waals surface area contributed by atoms with Crippen LogP contribution in [0.3, 0.4) is 0 Å². The molecule has 2 aliphatic heterocycles. The molecule has 0 unspecified atom stereocenters. The van der Waals surface area contributed by atoms with Gasteiger partial charge in [0.2, 0.25) is 0 Å². The zero-order valence-corrected chi connectivity index (χ0v) is 14.4. The number of rotatable bonds is 2. The molecule has 0 bridgehead atoms. The number of ether oxygens (including phenoxy) is 1. The predicted octanol–water partition coefficient (Wildman–Crippen LogP) is 3.75. The van der Waals surface area contributed by atoms with E-state index in [0.29, 0.717) is 13.2 Å². The van der Waals surface area contributed by atoms with Gasteiger partial charge in [-0.1, -0.05) is 30.3 Å². The fraction of sp³-hybridized carbons (Fsp3) is 0.238. The predicted molar refractivity (Wildman–Crippen MR) is 102 cm³/mol. The lowest BCUT2D eigenvalue weighted by molar-refractivity contribution is 0.181. The van der Waals surface area contributed by atoms with Gasteiger partial charge in [0.05, 0.1) is 17.7 Å². The van der Waals surface area contributed by atoms with Crippen molar-refractivity contribution in [1.82, 2.24) is 4.98 Å². The van der Waals surface area contributed by atoms with Gasteiger partial charge in [0.25, 0.3) is 0 Å².